The van der Waals surface area contributed by atoms with Gasteiger partial charge in [0, 0.05) is 36.3 Å². The minimum Gasteiger partial charge on any atom is -0.481 e. The van der Waals surface area contributed by atoms with Crippen LogP contribution in [0.4, 0.5) is 21.0 Å². The van der Waals surface area contributed by atoms with Gasteiger partial charge in [-0.25, -0.2) is 9.59 Å². The summed E-state index contributed by atoms with van der Waals surface area (Å²) >= 11 is 3.38. The van der Waals surface area contributed by atoms with E-state index in [1.165, 1.54) is 18.2 Å². The van der Waals surface area contributed by atoms with Crippen molar-refractivity contribution in [2.45, 2.75) is 31.2 Å². The van der Waals surface area contributed by atoms with Gasteiger partial charge >= 0.3 is 12.2 Å². The lowest BCUT2D eigenvalue weighted by Crippen LogP contribution is -2.50. The Labute approximate surface area is 261 Å². The number of nitrogens with zero attached hydrogens (tertiary/aromatic N) is 1. The van der Waals surface area contributed by atoms with Gasteiger partial charge in [0.1, 0.15) is 11.9 Å². The van der Waals surface area contributed by atoms with E-state index >= 15 is 0 Å². The number of nitriles is 1. The molecule has 0 radical (unpaired) electrons. The maximum Gasteiger partial charge on any atom is 0.412 e. The molecule has 4 rings (SSSR count). The molecule has 1 aliphatic rings. The molecule has 4 amide bonds. The summed E-state index contributed by atoms with van der Waals surface area (Å²) in [6.45, 7) is -0.0162. The fraction of sp³-hybridized carbons (Fsp3) is 0.194. The smallest absolute Gasteiger partial charge is 0.412 e. The summed E-state index contributed by atoms with van der Waals surface area (Å²) in [5.41, 5.74) is 6.64. The summed E-state index contributed by atoms with van der Waals surface area (Å²) in [6.07, 6.45) is -4.04. The molecule has 0 bridgehead atoms. The van der Waals surface area contributed by atoms with E-state index in [2.05, 4.69) is 31.9 Å². The number of carbonyl (C=O) groups is 4. The normalized spacial score (nSPS) is 17.2. The van der Waals surface area contributed by atoms with Crippen LogP contribution in [0.5, 0.6) is 5.75 Å². The monoisotopic (exact) mass is 661 g/mol. The zero-order valence-corrected chi connectivity index (χ0v) is 24.8. The van der Waals surface area contributed by atoms with Gasteiger partial charge in [-0.3, -0.25) is 20.2 Å². The lowest BCUT2D eigenvalue weighted by molar-refractivity contribution is -0.119. The highest BCUT2D eigenvalue weighted by atomic mass is 79.9. The number of primary amides is 1. The second-order valence-electron chi connectivity index (χ2n) is 9.50. The number of para-hydroxylation sites is 2. The van der Waals surface area contributed by atoms with Gasteiger partial charge in [0.2, 0.25) is 11.8 Å². The number of hydrogen-bond acceptors (Lipinski definition) is 8. The lowest BCUT2D eigenvalue weighted by Gasteiger charge is -2.35. The molecule has 5 N–H and O–H groups in total. The van der Waals surface area contributed by atoms with E-state index in [1.807, 2.05) is 6.07 Å². The van der Waals surface area contributed by atoms with Crippen LogP contribution in [0.15, 0.2) is 95.0 Å². The third kappa shape index (κ3) is 9.07. The van der Waals surface area contributed by atoms with Gasteiger partial charge in [-0.1, -0.05) is 36.4 Å². The first-order chi connectivity index (χ1) is 21.2. The van der Waals surface area contributed by atoms with Crippen LogP contribution in [0.25, 0.3) is 0 Å². The quantitative estimate of drug-likeness (QED) is 0.243. The van der Waals surface area contributed by atoms with Crippen LogP contribution in [0, 0.1) is 11.3 Å². The number of hydrogen-bond donors (Lipinski definition) is 4. The van der Waals surface area contributed by atoms with E-state index in [0.717, 1.165) is 0 Å². The Kier molecular flexibility index (Phi) is 10.9. The Morgan fingerprint density at radius 2 is 1.52 bits per heavy atom. The van der Waals surface area contributed by atoms with Crippen LogP contribution in [-0.4, -0.2) is 48.9 Å². The number of ether oxygens (including phenoxy) is 3. The Balaban J connectivity index is 1.66. The van der Waals surface area contributed by atoms with Crippen molar-refractivity contribution in [2.75, 3.05) is 17.2 Å². The summed E-state index contributed by atoms with van der Waals surface area (Å²) in [5.74, 6) is -0.875. The zero-order chi connectivity index (χ0) is 31.5. The molecule has 3 atom stereocenters. The average molecular weight is 662 g/mol. The van der Waals surface area contributed by atoms with Crippen molar-refractivity contribution in [1.82, 2.24) is 5.32 Å². The van der Waals surface area contributed by atoms with Crippen LogP contribution >= 0.6 is 15.9 Å². The van der Waals surface area contributed by atoms with Crippen LogP contribution < -0.4 is 26.4 Å². The Morgan fingerprint density at radius 3 is 2.09 bits per heavy atom. The van der Waals surface area contributed by atoms with E-state index in [9.17, 15) is 24.4 Å². The van der Waals surface area contributed by atoms with E-state index in [-0.39, 0.29) is 30.7 Å². The predicted molar refractivity (Wildman–Crippen MR) is 163 cm³/mol. The van der Waals surface area contributed by atoms with Gasteiger partial charge in [-0.15, -0.1) is 0 Å². The second-order valence-corrected chi connectivity index (χ2v) is 10.4. The standard InChI is InChI=1S/C31H28BrN5O7/c32-23-15-19(18-33)11-12-24(23)42-25-16-20(29(39)35-14-13-27(34)38)17-26(43-30(40)36-21-7-3-1-4-8-21)28(25)44-31(41)37-22-9-5-2-6-10-22/h1-12,15-16,25-26,28H,13-14,17H2,(H2,34,38)(H,35,39)(H,36,40)(H,37,41)/t25-,26-,28+/m1/s1. The van der Waals surface area contributed by atoms with Crippen LogP contribution in [-0.2, 0) is 19.1 Å². The molecule has 44 heavy (non-hydrogen) atoms. The van der Waals surface area contributed by atoms with Crippen molar-refractivity contribution in [3.8, 4) is 11.8 Å². The van der Waals surface area contributed by atoms with Crippen molar-refractivity contribution in [1.29, 1.82) is 5.26 Å². The molecule has 226 valence electrons. The SMILES string of the molecule is N#Cc1ccc(O[C@@H]2C=C(C(=O)NCCC(N)=O)C[C@@H](OC(=O)Nc3ccccc3)[C@H]2OC(=O)Nc2ccccc2)c(Br)c1. The highest BCUT2D eigenvalue weighted by Crippen LogP contribution is 2.32. The third-order valence-corrected chi connectivity index (χ3v) is 6.91. The molecule has 12 nitrogen and oxygen atoms in total. The first kappa shape index (κ1) is 31.6. The molecular formula is C31H28BrN5O7. The zero-order valence-electron chi connectivity index (χ0n) is 23.2. The van der Waals surface area contributed by atoms with Gasteiger partial charge in [-0.05, 0) is 64.5 Å². The van der Waals surface area contributed by atoms with Gasteiger partial charge < -0.3 is 25.3 Å². The van der Waals surface area contributed by atoms with E-state index in [0.29, 0.717) is 21.4 Å². The van der Waals surface area contributed by atoms with E-state index < -0.39 is 42.3 Å². The molecule has 0 aliphatic heterocycles. The van der Waals surface area contributed by atoms with Crippen molar-refractivity contribution in [3.05, 3.63) is 101 Å². The molecule has 0 aromatic heterocycles. The molecular weight excluding hydrogens is 634 g/mol. The highest BCUT2D eigenvalue weighted by molar-refractivity contribution is 9.10. The minimum absolute atomic E-state index is 0.0162. The topological polar surface area (TPSA) is 182 Å². The third-order valence-electron chi connectivity index (χ3n) is 6.29. The number of anilines is 2. The first-order valence-corrected chi connectivity index (χ1v) is 14.2. The first-order valence-electron chi connectivity index (χ1n) is 13.4. The molecule has 0 heterocycles. The number of nitrogens with one attached hydrogen (secondary N) is 3. The number of rotatable bonds is 10. The van der Waals surface area contributed by atoms with Gasteiger partial charge in [-0.2, -0.15) is 5.26 Å². The van der Waals surface area contributed by atoms with Crippen molar-refractivity contribution < 1.29 is 33.4 Å². The molecule has 0 saturated carbocycles. The van der Waals surface area contributed by atoms with E-state index in [4.69, 9.17) is 19.9 Å². The average Bonchev–Trinajstić information content (AvgIpc) is 3.00. The Hall–Kier alpha value is -5.35. The van der Waals surface area contributed by atoms with Gasteiger partial charge in [0.15, 0.2) is 12.2 Å². The molecule has 0 saturated heterocycles. The molecule has 3 aromatic rings. The number of halogens is 1. The fourth-order valence-corrected chi connectivity index (χ4v) is 4.72. The largest absolute Gasteiger partial charge is 0.481 e. The fourth-order valence-electron chi connectivity index (χ4n) is 4.25. The van der Waals surface area contributed by atoms with Crippen molar-refractivity contribution >= 4 is 51.3 Å². The lowest BCUT2D eigenvalue weighted by atomic mass is 9.91. The van der Waals surface area contributed by atoms with Crippen LogP contribution in [0.1, 0.15) is 18.4 Å². The Bertz CT molecular complexity index is 1580. The van der Waals surface area contributed by atoms with E-state index in [1.54, 1.807) is 66.7 Å². The number of benzene rings is 3. The number of nitrogens with two attached hydrogens (primary N) is 1. The Morgan fingerprint density at radius 1 is 0.909 bits per heavy atom. The maximum atomic E-state index is 13.1. The van der Waals surface area contributed by atoms with Crippen LogP contribution in [0.3, 0.4) is 0 Å². The van der Waals surface area contributed by atoms with Crippen molar-refractivity contribution in [3.63, 3.8) is 0 Å². The van der Waals surface area contributed by atoms with Gasteiger partial charge in [0.25, 0.3) is 0 Å². The molecule has 0 fully saturated rings. The second kappa shape index (κ2) is 15.2. The summed E-state index contributed by atoms with van der Waals surface area (Å²) in [7, 11) is 0. The molecule has 0 unspecified atom stereocenters. The van der Waals surface area contributed by atoms with Crippen molar-refractivity contribution in [2.24, 2.45) is 5.73 Å². The summed E-state index contributed by atoms with van der Waals surface area (Å²) in [6, 6.07) is 23.8. The molecule has 13 heteroatoms. The highest BCUT2D eigenvalue weighted by Gasteiger charge is 2.42. The van der Waals surface area contributed by atoms with Gasteiger partial charge in [0.05, 0.1) is 16.1 Å². The number of amides is 4. The molecule has 1 aliphatic carbocycles. The maximum absolute atomic E-state index is 13.1. The summed E-state index contributed by atoms with van der Waals surface area (Å²) in [5, 5.41) is 17.1. The summed E-state index contributed by atoms with van der Waals surface area (Å²) < 4.78 is 18.1. The molecule has 0 spiro atoms. The minimum atomic E-state index is -1.23. The summed E-state index contributed by atoms with van der Waals surface area (Å²) in [4.78, 5) is 50.3. The predicted octanol–water partition coefficient (Wildman–Crippen LogP) is 4.62. The number of carbonyl (C=O) groups excluding carboxylic acids is 4. The molecule has 3 aromatic carbocycles. The van der Waals surface area contributed by atoms with Crippen LogP contribution in [0.2, 0.25) is 0 Å².